The van der Waals surface area contributed by atoms with Crippen molar-refractivity contribution in [3.8, 4) is 0 Å². The van der Waals surface area contributed by atoms with Gasteiger partial charge in [0.25, 0.3) is 0 Å². The zero-order chi connectivity index (χ0) is 15.6. The SMILES string of the molecule is S=c1n(CN(CC2CCCCC2)C2CC2)nc2n1CCCCC2. The fraction of sp³-hybridized carbons (Fsp3) is 0.889. The first-order valence-electron chi connectivity index (χ1n) is 9.72. The van der Waals surface area contributed by atoms with Crippen molar-refractivity contribution < 1.29 is 0 Å². The lowest BCUT2D eigenvalue weighted by Crippen LogP contribution is -2.34. The Morgan fingerprint density at radius 2 is 1.78 bits per heavy atom. The second kappa shape index (κ2) is 7.06. The molecule has 3 aliphatic rings. The number of fused-ring (bicyclic) bond motifs is 1. The van der Waals surface area contributed by atoms with E-state index in [1.165, 1.54) is 76.6 Å². The van der Waals surface area contributed by atoms with Gasteiger partial charge in [-0.25, -0.2) is 4.68 Å². The molecule has 0 saturated heterocycles. The number of hydrogen-bond acceptors (Lipinski definition) is 3. The summed E-state index contributed by atoms with van der Waals surface area (Å²) in [6.07, 6.45) is 14.8. The Balaban J connectivity index is 1.47. The maximum Gasteiger partial charge on any atom is 0.199 e. The molecule has 0 N–H and O–H groups in total. The third-order valence-corrected chi connectivity index (χ3v) is 6.31. The van der Waals surface area contributed by atoms with Gasteiger partial charge in [0, 0.05) is 25.6 Å². The largest absolute Gasteiger partial charge is 0.304 e. The minimum Gasteiger partial charge on any atom is -0.304 e. The van der Waals surface area contributed by atoms with Crippen LogP contribution in [0.1, 0.15) is 70.0 Å². The molecule has 23 heavy (non-hydrogen) atoms. The second-order valence-corrected chi connectivity index (χ2v) is 8.17. The normalized spacial score (nSPS) is 23.0. The van der Waals surface area contributed by atoms with Crippen LogP contribution in [0.5, 0.6) is 0 Å². The van der Waals surface area contributed by atoms with Crippen LogP contribution in [-0.2, 0) is 19.6 Å². The fourth-order valence-electron chi connectivity index (χ4n) is 4.35. The first-order chi connectivity index (χ1) is 11.3. The maximum absolute atomic E-state index is 5.74. The summed E-state index contributed by atoms with van der Waals surface area (Å²) in [4.78, 5) is 2.68. The zero-order valence-corrected chi connectivity index (χ0v) is 15.1. The average molecular weight is 335 g/mol. The van der Waals surface area contributed by atoms with Crippen molar-refractivity contribution in [1.82, 2.24) is 19.2 Å². The van der Waals surface area contributed by atoms with Crippen LogP contribution in [0, 0.1) is 10.7 Å². The molecule has 0 spiro atoms. The third-order valence-electron chi connectivity index (χ3n) is 5.88. The molecule has 0 radical (unpaired) electrons. The summed E-state index contributed by atoms with van der Waals surface area (Å²) in [5.41, 5.74) is 0. The van der Waals surface area contributed by atoms with Crippen molar-refractivity contribution in [2.24, 2.45) is 5.92 Å². The lowest BCUT2D eigenvalue weighted by Gasteiger charge is -2.29. The maximum atomic E-state index is 5.74. The Kier molecular flexibility index (Phi) is 4.86. The van der Waals surface area contributed by atoms with Gasteiger partial charge in [0.15, 0.2) is 4.77 Å². The van der Waals surface area contributed by atoms with E-state index in [4.69, 9.17) is 17.3 Å². The highest BCUT2D eigenvalue weighted by Gasteiger charge is 2.31. The molecule has 2 heterocycles. The van der Waals surface area contributed by atoms with Gasteiger partial charge in [0.1, 0.15) is 5.82 Å². The van der Waals surface area contributed by atoms with Crippen molar-refractivity contribution in [2.45, 2.75) is 89.9 Å². The van der Waals surface area contributed by atoms with E-state index < -0.39 is 0 Å². The van der Waals surface area contributed by atoms with E-state index in [9.17, 15) is 0 Å². The topological polar surface area (TPSA) is 26.0 Å². The molecule has 1 aromatic rings. The molecule has 2 saturated carbocycles. The molecule has 0 unspecified atom stereocenters. The Bertz CT molecular complexity index is 580. The lowest BCUT2D eigenvalue weighted by atomic mass is 9.89. The molecule has 4 rings (SSSR count). The van der Waals surface area contributed by atoms with Crippen molar-refractivity contribution in [1.29, 1.82) is 0 Å². The van der Waals surface area contributed by atoms with E-state index in [2.05, 4.69) is 14.1 Å². The van der Waals surface area contributed by atoms with Gasteiger partial charge >= 0.3 is 0 Å². The van der Waals surface area contributed by atoms with E-state index in [0.29, 0.717) is 0 Å². The van der Waals surface area contributed by atoms with Gasteiger partial charge in [0.05, 0.1) is 6.67 Å². The van der Waals surface area contributed by atoms with Crippen molar-refractivity contribution in [3.63, 3.8) is 0 Å². The zero-order valence-electron chi connectivity index (χ0n) is 14.3. The molecule has 0 bridgehead atoms. The summed E-state index contributed by atoms with van der Waals surface area (Å²) in [5, 5.41) is 4.89. The highest BCUT2D eigenvalue weighted by molar-refractivity contribution is 7.71. The Labute approximate surface area is 144 Å². The number of aromatic nitrogens is 3. The van der Waals surface area contributed by atoms with Gasteiger partial charge in [-0.05, 0) is 56.7 Å². The van der Waals surface area contributed by atoms with Gasteiger partial charge in [-0.2, -0.15) is 5.10 Å². The van der Waals surface area contributed by atoms with Crippen molar-refractivity contribution in [3.05, 3.63) is 10.6 Å². The quantitative estimate of drug-likeness (QED) is 0.757. The molecule has 0 atom stereocenters. The van der Waals surface area contributed by atoms with Crippen LogP contribution in [-0.4, -0.2) is 31.8 Å². The van der Waals surface area contributed by atoms with E-state index in [1.807, 2.05) is 0 Å². The number of nitrogens with zero attached hydrogens (tertiary/aromatic N) is 4. The minimum absolute atomic E-state index is 0.792. The molecule has 0 amide bonds. The smallest absolute Gasteiger partial charge is 0.199 e. The Morgan fingerprint density at radius 1 is 1.00 bits per heavy atom. The third kappa shape index (κ3) is 3.71. The molecule has 1 aliphatic heterocycles. The predicted octanol–water partition coefficient (Wildman–Crippen LogP) is 4.14. The number of rotatable bonds is 5. The van der Waals surface area contributed by atoms with Gasteiger partial charge < -0.3 is 4.57 Å². The molecule has 1 aromatic heterocycles. The summed E-state index contributed by atoms with van der Waals surface area (Å²) < 4.78 is 5.38. The Morgan fingerprint density at radius 3 is 2.57 bits per heavy atom. The lowest BCUT2D eigenvalue weighted by molar-refractivity contribution is 0.147. The average Bonchev–Trinajstić information content (AvgIpc) is 3.39. The van der Waals surface area contributed by atoms with Gasteiger partial charge in [-0.1, -0.05) is 25.7 Å². The van der Waals surface area contributed by atoms with Crippen LogP contribution in [0.15, 0.2) is 0 Å². The fourth-order valence-corrected chi connectivity index (χ4v) is 4.65. The monoisotopic (exact) mass is 334 g/mol. The van der Waals surface area contributed by atoms with Crippen molar-refractivity contribution >= 4 is 12.2 Å². The minimum atomic E-state index is 0.792. The molecule has 5 heteroatoms. The molecular formula is C18H30N4S. The van der Waals surface area contributed by atoms with Crippen LogP contribution in [0.25, 0.3) is 0 Å². The molecular weight excluding hydrogens is 304 g/mol. The van der Waals surface area contributed by atoms with E-state index in [1.54, 1.807) is 0 Å². The summed E-state index contributed by atoms with van der Waals surface area (Å²) in [7, 11) is 0. The van der Waals surface area contributed by atoms with Crippen LogP contribution in [0.3, 0.4) is 0 Å². The van der Waals surface area contributed by atoms with Crippen LogP contribution >= 0.6 is 12.2 Å². The number of aryl methyl sites for hydroxylation is 1. The summed E-state index contributed by atoms with van der Waals surface area (Å²) in [6.45, 7) is 3.24. The number of hydrogen-bond donors (Lipinski definition) is 0. The van der Waals surface area contributed by atoms with Gasteiger partial charge in [-0.15, -0.1) is 0 Å². The summed E-state index contributed by atoms with van der Waals surface area (Å²) >= 11 is 5.74. The molecule has 2 aliphatic carbocycles. The molecule has 2 fully saturated rings. The van der Waals surface area contributed by atoms with Crippen LogP contribution in [0.4, 0.5) is 0 Å². The highest BCUT2D eigenvalue weighted by Crippen LogP contribution is 2.31. The predicted molar refractivity (Wildman–Crippen MR) is 94.9 cm³/mol. The highest BCUT2D eigenvalue weighted by atomic mass is 32.1. The van der Waals surface area contributed by atoms with Gasteiger partial charge in [-0.3, -0.25) is 4.90 Å². The van der Waals surface area contributed by atoms with Crippen LogP contribution < -0.4 is 0 Å². The molecule has 128 valence electrons. The first-order valence-corrected chi connectivity index (χ1v) is 10.1. The first kappa shape index (κ1) is 15.8. The molecule has 0 aromatic carbocycles. The van der Waals surface area contributed by atoms with E-state index in [-0.39, 0.29) is 0 Å². The van der Waals surface area contributed by atoms with Crippen LogP contribution in [0.2, 0.25) is 0 Å². The summed E-state index contributed by atoms with van der Waals surface area (Å²) in [5.74, 6) is 2.12. The van der Waals surface area contributed by atoms with Gasteiger partial charge in [0.2, 0.25) is 0 Å². The van der Waals surface area contributed by atoms with E-state index in [0.717, 1.165) is 36.4 Å². The van der Waals surface area contributed by atoms with Crippen molar-refractivity contribution in [2.75, 3.05) is 6.54 Å². The Hall–Kier alpha value is -0.680. The van der Waals surface area contributed by atoms with E-state index >= 15 is 0 Å². The second-order valence-electron chi connectivity index (χ2n) is 7.81. The summed E-state index contributed by atoms with van der Waals surface area (Å²) in [6, 6.07) is 0.792. The standard InChI is InChI=1S/C18H30N4S/c23-18-21-12-6-2-5-9-17(21)19-22(18)14-20(16-10-11-16)13-15-7-3-1-4-8-15/h15-16H,1-14H2. The molecule has 4 nitrogen and oxygen atoms in total.